The second-order valence-corrected chi connectivity index (χ2v) is 6.53. The molecule has 1 aromatic rings. The van der Waals surface area contributed by atoms with Gasteiger partial charge in [-0.2, -0.15) is 0 Å². The van der Waals surface area contributed by atoms with Crippen molar-refractivity contribution < 1.29 is 9.59 Å². The van der Waals surface area contributed by atoms with Crippen molar-refractivity contribution in [3.63, 3.8) is 0 Å². The summed E-state index contributed by atoms with van der Waals surface area (Å²) < 4.78 is 0. The quantitative estimate of drug-likeness (QED) is 0.583. The Morgan fingerprint density at radius 2 is 1.52 bits per heavy atom. The monoisotopic (exact) mass is 303 g/mol. The molecule has 0 bridgehead atoms. The van der Waals surface area contributed by atoms with Gasteiger partial charge >= 0.3 is 0 Å². The molecule has 1 aromatic carbocycles. The zero-order valence-electron chi connectivity index (χ0n) is 12.4. The topological polar surface area (TPSA) is 37.4 Å². The van der Waals surface area contributed by atoms with Crippen LogP contribution < -0.4 is 4.90 Å². The Morgan fingerprint density at radius 1 is 1.00 bits per heavy atom. The number of aryl methyl sites for hydroxylation is 1. The molecule has 21 heavy (non-hydrogen) atoms. The molecule has 2 atom stereocenters. The van der Waals surface area contributed by atoms with E-state index in [9.17, 15) is 9.59 Å². The molecular weight excluding hydrogens is 286 g/mol. The number of benzene rings is 1. The number of halogens is 1. The fourth-order valence-electron chi connectivity index (χ4n) is 3.23. The summed E-state index contributed by atoms with van der Waals surface area (Å²) in [5, 5.41) is 0.577. The summed E-state index contributed by atoms with van der Waals surface area (Å²) in [4.78, 5) is 26.6. The van der Waals surface area contributed by atoms with Gasteiger partial charge in [-0.15, -0.1) is 0 Å². The zero-order valence-corrected chi connectivity index (χ0v) is 13.2. The summed E-state index contributed by atoms with van der Waals surface area (Å²) in [6.07, 6.45) is 1.38. The molecule has 0 unspecified atom stereocenters. The fraction of sp³-hybridized carbons (Fsp3) is 0.412. The molecule has 2 amide bonds. The van der Waals surface area contributed by atoms with Crippen molar-refractivity contribution in [2.45, 2.75) is 33.6 Å². The highest BCUT2D eigenvalue weighted by Crippen LogP contribution is 2.42. The van der Waals surface area contributed by atoms with E-state index < -0.39 is 0 Å². The van der Waals surface area contributed by atoms with Gasteiger partial charge in [-0.05, 0) is 51.3 Å². The highest BCUT2D eigenvalue weighted by molar-refractivity contribution is 6.32. The molecule has 4 heteroatoms. The van der Waals surface area contributed by atoms with Crippen LogP contribution in [0, 0.1) is 18.8 Å². The van der Waals surface area contributed by atoms with Crippen molar-refractivity contribution >= 4 is 29.1 Å². The summed E-state index contributed by atoms with van der Waals surface area (Å²) >= 11 is 6.13. The lowest BCUT2D eigenvalue weighted by atomic mass is 9.78. The molecule has 1 saturated heterocycles. The van der Waals surface area contributed by atoms with Gasteiger partial charge in [-0.25, -0.2) is 4.90 Å². The Kier molecular flexibility index (Phi) is 3.40. The first-order chi connectivity index (χ1) is 9.90. The van der Waals surface area contributed by atoms with Crippen molar-refractivity contribution in [3.8, 4) is 0 Å². The standard InChI is InChI=1S/C17H18ClNO2/c1-9-4-5-12(8-15(9)18)19-16(20)13-6-10(2)11(3)7-14(13)17(19)21/h4-5,8,13-14H,6-7H2,1-3H3/t13-,14+. The SMILES string of the molecule is CC1=C(C)C[C@H]2C(=O)N(c3ccc(C)c(Cl)c3)C(=O)[C@H]2C1. The van der Waals surface area contributed by atoms with Gasteiger partial charge in [0.25, 0.3) is 0 Å². The van der Waals surface area contributed by atoms with Gasteiger partial charge in [0.05, 0.1) is 17.5 Å². The maximum atomic E-state index is 12.6. The molecule has 1 aliphatic carbocycles. The second-order valence-electron chi connectivity index (χ2n) is 6.13. The molecule has 3 rings (SSSR count). The molecule has 1 aliphatic heterocycles. The lowest BCUT2D eigenvalue weighted by Crippen LogP contribution is -2.30. The molecule has 1 heterocycles. The number of carbonyl (C=O) groups excluding carboxylic acids is 2. The average Bonchev–Trinajstić information content (AvgIpc) is 2.66. The third-order valence-electron chi connectivity index (χ3n) is 4.76. The minimum absolute atomic E-state index is 0.0863. The molecule has 0 spiro atoms. The van der Waals surface area contributed by atoms with E-state index in [2.05, 4.69) is 13.8 Å². The van der Waals surface area contributed by atoms with Crippen LogP contribution in [-0.4, -0.2) is 11.8 Å². The number of hydrogen-bond donors (Lipinski definition) is 0. The largest absolute Gasteiger partial charge is 0.274 e. The Hall–Kier alpha value is -1.61. The number of anilines is 1. The predicted molar refractivity (Wildman–Crippen MR) is 83.3 cm³/mol. The van der Waals surface area contributed by atoms with Crippen LogP contribution in [0.1, 0.15) is 32.3 Å². The van der Waals surface area contributed by atoms with E-state index in [-0.39, 0.29) is 23.7 Å². The Bertz CT molecular complexity index is 645. The summed E-state index contributed by atoms with van der Waals surface area (Å²) in [6, 6.07) is 5.34. The normalized spacial score (nSPS) is 25.6. The van der Waals surface area contributed by atoms with Gasteiger partial charge in [0.2, 0.25) is 11.8 Å². The first-order valence-electron chi connectivity index (χ1n) is 7.19. The highest BCUT2D eigenvalue weighted by Gasteiger charge is 2.49. The first-order valence-corrected chi connectivity index (χ1v) is 7.57. The van der Waals surface area contributed by atoms with Crippen LogP contribution in [0.2, 0.25) is 5.02 Å². The predicted octanol–water partition coefficient (Wildman–Crippen LogP) is 3.88. The molecule has 2 aliphatic rings. The smallest absolute Gasteiger partial charge is 0.238 e. The van der Waals surface area contributed by atoms with Crippen LogP contribution in [0.15, 0.2) is 29.3 Å². The number of hydrogen-bond acceptors (Lipinski definition) is 2. The van der Waals surface area contributed by atoms with Gasteiger partial charge in [-0.3, -0.25) is 9.59 Å². The van der Waals surface area contributed by atoms with Gasteiger partial charge in [-0.1, -0.05) is 28.8 Å². The molecule has 0 aromatic heterocycles. The average molecular weight is 304 g/mol. The lowest BCUT2D eigenvalue weighted by Gasteiger charge is -2.23. The van der Waals surface area contributed by atoms with E-state index in [1.165, 1.54) is 16.0 Å². The zero-order chi connectivity index (χ0) is 15.3. The highest BCUT2D eigenvalue weighted by atomic mass is 35.5. The van der Waals surface area contributed by atoms with E-state index in [1.54, 1.807) is 12.1 Å². The van der Waals surface area contributed by atoms with Crippen LogP contribution in [0.4, 0.5) is 5.69 Å². The minimum atomic E-state index is -0.207. The van der Waals surface area contributed by atoms with Crippen molar-refractivity contribution in [2.24, 2.45) is 11.8 Å². The number of allylic oxidation sites excluding steroid dienone is 2. The van der Waals surface area contributed by atoms with Crippen LogP contribution in [0.3, 0.4) is 0 Å². The minimum Gasteiger partial charge on any atom is -0.274 e. The summed E-state index contributed by atoms with van der Waals surface area (Å²) in [6.45, 7) is 6.00. The summed E-state index contributed by atoms with van der Waals surface area (Å²) in [7, 11) is 0. The molecule has 0 N–H and O–H groups in total. The number of fused-ring (bicyclic) bond motifs is 1. The second kappa shape index (κ2) is 4.99. The molecule has 0 radical (unpaired) electrons. The molecular formula is C17H18ClNO2. The van der Waals surface area contributed by atoms with Crippen molar-refractivity contribution in [3.05, 3.63) is 39.9 Å². The Balaban J connectivity index is 1.98. The van der Waals surface area contributed by atoms with E-state index in [4.69, 9.17) is 11.6 Å². The lowest BCUT2D eigenvalue weighted by molar-refractivity contribution is -0.122. The Morgan fingerprint density at radius 3 is 2.00 bits per heavy atom. The third-order valence-corrected chi connectivity index (χ3v) is 5.16. The van der Waals surface area contributed by atoms with Crippen LogP contribution in [-0.2, 0) is 9.59 Å². The number of imide groups is 1. The number of amides is 2. The van der Waals surface area contributed by atoms with E-state index >= 15 is 0 Å². The van der Waals surface area contributed by atoms with Crippen molar-refractivity contribution in [1.82, 2.24) is 0 Å². The molecule has 0 saturated carbocycles. The third kappa shape index (κ3) is 2.20. The van der Waals surface area contributed by atoms with Crippen LogP contribution in [0.25, 0.3) is 0 Å². The van der Waals surface area contributed by atoms with Crippen molar-refractivity contribution in [1.29, 1.82) is 0 Å². The molecule has 110 valence electrons. The van der Waals surface area contributed by atoms with Crippen molar-refractivity contribution in [2.75, 3.05) is 4.90 Å². The number of rotatable bonds is 1. The fourth-order valence-corrected chi connectivity index (χ4v) is 3.40. The molecule has 3 nitrogen and oxygen atoms in total. The number of carbonyl (C=O) groups is 2. The molecule has 1 fully saturated rings. The van der Waals surface area contributed by atoms with Crippen LogP contribution in [0.5, 0.6) is 0 Å². The first kappa shape index (κ1) is 14.3. The van der Waals surface area contributed by atoms with E-state index in [0.29, 0.717) is 23.6 Å². The van der Waals surface area contributed by atoms with Gasteiger partial charge in [0.1, 0.15) is 0 Å². The number of nitrogens with zero attached hydrogens (tertiary/aromatic N) is 1. The maximum absolute atomic E-state index is 12.6. The van der Waals surface area contributed by atoms with Gasteiger partial charge < -0.3 is 0 Å². The Labute approximate surface area is 129 Å². The summed E-state index contributed by atoms with van der Waals surface area (Å²) in [5.74, 6) is -0.587. The van der Waals surface area contributed by atoms with E-state index in [1.807, 2.05) is 13.0 Å². The van der Waals surface area contributed by atoms with Gasteiger partial charge in [0, 0.05) is 5.02 Å². The maximum Gasteiger partial charge on any atom is 0.238 e. The summed E-state index contributed by atoms with van der Waals surface area (Å²) in [5.41, 5.74) is 4.00. The van der Waals surface area contributed by atoms with Crippen LogP contribution >= 0.6 is 11.6 Å². The van der Waals surface area contributed by atoms with Gasteiger partial charge in [0.15, 0.2) is 0 Å². The van der Waals surface area contributed by atoms with E-state index in [0.717, 1.165) is 5.56 Å².